The summed E-state index contributed by atoms with van der Waals surface area (Å²) in [4.78, 5) is 0. The summed E-state index contributed by atoms with van der Waals surface area (Å²) < 4.78 is 23.5. The highest BCUT2D eigenvalue weighted by Crippen LogP contribution is 2.40. The third-order valence-corrected chi connectivity index (χ3v) is 6.16. The zero-order valence-corrected chi connectivity index (χ0v) is 11.7. The van der Waals surface area contributed by atoms with Crippen molar-refractivity contribution >= 4 is 9.84 Å². The van der Waals surface area contributed by atoms with E-state index < -0.39 is 9.84 Å². The van der Waals surface area contributed by atoms with Gasteiger partial charge < -0.3 is 5.32 Å². The zero-order valence-electron chi connectivity index (χ0n) is 10.9. The van der Waals surface area contributed by atoms with Gasteiger partial charge in [0.1, 0.15) is 0 Å². The van der Waals surface area contributed by atoms with E-state index >= 15 is 0 Å². The highest BCUT2D eigenvalue weighted by atomic mass is 32.2. The first-order valence-corrected chi connectivity index (χ1v) is 7.89. The van der Waals surface area contributed by atoms with Crippen LogP contribution in [0, 0.1) is 5.41 Å². The average molecular weight is 247 g/mol. The van der Waals surface area contributed by atoms with Crippen LogP contribution >= 0.6 is 0 Å². The van der Waals surface area contributed by atoms with E-state index in [1.165, 1.54) is 6.42 Å². The van der Waals surface area contributed by atoms with E-state index in [1.807, 2.05) is 7.05 Å². The van der Waals surface area contributed by atoms with Crippen molar-refractivity contribution in [1.29, 1.82) is 0 Å². The van der Waals surface area contributed by atoms with Gasteiger partial charge in [0.05, 0.1) is 11.0 Å². The predicted molar refractivity (Wildman–Crippen MR) is 68.3 cm³/mol. The molecule has 0 spiro atoms. The highest BCUT2D eigenvalue weighted by molar-refractivity contribution is 7.91. The van der Waals surface area contributed by atoms with Crippen LogP contribution in [0.4, 0.5) is 0 Å². The lowest BCUT2D eigenvalue weighted by molar-refractivity contribution is 0.314. The van der Waals surface area contributed by atoms with Gasteiger partial charge >= 0.3 is 0 Å². The average Bonchev–Trinajstić information content (AvgIpc) is 2.58. The number of hydrogen-bond donors (Lipinski definition) is 1. The molecule has 0 amide bonds. The molecule has 1 fully saturated rings. The molecule has 0 heterocycles. The van der Waals surface area contributed by atoms with Gasteiger partial charge in [-0.15, -0.1) is 0 Å². The summed E-state index contributed by atoms with van der Waals surface area (Å²) in [5.74, 6) is 0.345. The van der Waals surface area contributed by atoms with Crippen LogP contribution in [0.25, 0.3) is 0 Å². The van der Waals surface area contributed by atoms with E-state index in [-0.39, 0.29) is 10.7 Å². The topological polar surface area (TPSA) is 46.2 Å². The Labute approximate surface area is 99.9 Å². The second-order valence-electron chi connectivity index (χ2n) is 5.70. The van der Waals surface area contributed by atoms with Crippen LogP contribution in [0.5, 0.6) is 0 Å². The third kappa shape index (κ3) is 3.45. The van der Waals surface area contributed by atoms with Crippen molar-refractivity contribution in [3.63, 3.8) is 0 Å². The molecule has 16 heavy (non-hydrogen) atoms. The fraction of sp³-hybridized carbons (Fsp3) is 1.00. The van der Waals surface area contributed by atoms with Gasteiger partial charge in [-0.2, -0.15) is 0 Å². The fourth-order valence-corrected chi connectivity index (χ4v) is 3.67. The van der Waals surface area contributed by atoms with E-state index in [1.54, 1.807) is 13.8 Å². The monoisotopic (exact) mass is 247 g/mol. The molecule has 0 aliphatic heterocycles. The second kappa shape index (κ2) is 5.05. The van der Waals surface area contributed by atoms with Gasteiger partial charge in [0, 0.05) is 6.04 Å². The molecule has 1 saturated carbocycles. The Kier molecular flexibility index (Phi) is 4.41. The van der Waals surface area contributed by atoms with E-state index in [4.69, 9.17) is 0 Å². The van der Waals surface area contributed by atoms with Crippen molar-refractivity contribution < 1.29 is 8.42 Å². The van der Waals surface area contributed by atoms with E-state index in [2.05, 4.69) is 12.2 Å². The maximum absolute atomic E-state index is 11.8. The van der Waals surface area contributed by atoms with Crippen LogP contribution in [0.15, 0.2) is 0 Å². The molecule has 0 radical (unpaired) electrons. The van der Waals surface area contributed by atoms with Crippen molar-refractivity contribution in [3.05, 3.63) is 0 Å². The Morgan fingerprint density at radius 1 is 1.44 bits per heavy atom. The van der Waals surface area contributed by atoms with Gasteiger partial charge in [-0.25, -0.2) is 8.42 Å². The van der Waals surface area contributed by atoms with Crippen molar-refractivity contribution in [3.8, 4) is 0 Å². The van der Waals surface area contributed by atoms with Crippen LogP contribution < -0.4 is 5.32 Å². The van der Waals surface area contributed by atoms with E-state index in [0.29, 0.717) is 11.8 Å². The molecule has 2 unspecified atom stereocenters. The molecule has 0 bridgehead atoms. The molecular formula is C12H25NO2S. The maximum atomic E-state index is 11.8. The standard InChI is InChI=1S/C12H25NO2S/c1-10(2)16(14,15)8-7-12(3)6-5-11(9-12)13-4/h10-11,13H,5-9H2,1-4H3. The minimum Gasteiger partial charge on any atom is -0.317 e. The Balaban J connectivity index is 2.50. The first-order valence-electron chi connectivity index (χ1n) is 6.18. The van der Waals surface area contributed by atoms with Crippen LogP contribution in [0.1, 0.15) is 46.5 Å². The molecule has 3 nitrogen and oxygen atoms in total. The Morgan fingerprint density at radius 3 is 2.50 bits per heavy atom. The van der Waals surface area contributed by atoms with Gasteiger partial charge in [-0.1, -0.05) is 6.92 Å². The lowest BCUT2D eigenvalue weighted by Crippen LogP contribution is -2.26. The Hall–Kier alpha value is -0.0900. The van der Waals surface area contributed by atoms with Crippen molar-refractivity contribution in [2.24, 2.45) is 5.41 Å². The zero-order chi connectivity index (χ0) is 12.4. The number of sulfone groups is 1. The third-order valence-electron chi connectivity index (χ3n) is 3.95. The quantitative estimate of drug-likeness (QED) is 0.808. The van der Waals surface area contributed by atoms with Gasteiger partial charge in [-0.3, -0.25) is 0 Å². The summed E-state index contributed by atoms with van der Waals surface area (Å²) in [6, 6.07) is 0.576. The van der Waals surface area contributed by atoms with Crippen molar-refractivity contribution in [1.82, 2.24) is 5.32 Å². The molecule has 1 rings (SSSR count). The molecule has 0 aromatic rings. The summed E-state index contributed by atoms with van der Waals surface area (Å²) in [6.45, 7) is 5.76. The molecule has 0 aromatic heterocycles. The molecule has 1 N–H and O–H groups in total. The molecule has 0 aromatic carbocycles. The summed E-state index contributed by atoms with van der Waals surface area (Å²) in [7, 11) is -0.881. The summed E-state index contributed by atoms with van der Waals surface area (Å²) in [6.07, 6.45) is 4.24. The van der Waals surface area contributed by atoms with Crippen molar-refractivity contribution in [2.75, 3.05) is 12.8 Å². The molecule has 2 atom stereocenters. The summed E-state index contributed by atoms with van der Waals surface area (Å²) >= 11 is 0. The smallest absolute Gasteiger partial charge is 0.152 e. The first kappa shape index (κ1) is 14.0. The lowest BCUT2D eigenvalue weighted by atomic mass is 9.86. The Morgan fingerprint density at radius 2 is 2.06 bits per heavy atom. The van der Waals surface area contributed by atoms with Gasteiger partial charge in [0.2, 0.25) is 0 Å². The van der Waals surface area contributed by atoms with E-state index in [0.717, 1.165) is 19.3 Å². The number of rotatable bonds is 5. The first-order chi connectivity index (χ1) is 7.29. The maximum Gasteiger partial charge on any atom is 0.152 e. The van der Waals surface area contributed by atoms with Gasteiger partial charge in [-0.05, 0) is 52.0 Å². The molecule has 1 aliphatic carbocycles. The largest absolute Gasteiger partial charge is 0.317 e. The van der Waals surface area contributed by atoms with Crippen molar-refractivity contribution in [2.45, 2.75) is 57.7 Å². The van der Waals surface area contributed by atoms with Gasteiger partial charge in [0.25, 0.3) is 0 Å². The second-order valence-corrected chi connectivity index (χ2v) is 8.38. The summed E-state index contributed by atoms with van der Waals surface area (Å²) in [5, 5.41) is 3.05. The van der Waals surface area contributed by atoms with Gasteiger partial charge in [0.15, 0.2) is 9.84 Å². The van der Waals surface area contributed by atoms with Crippen LogP contribution in [-0.4, -0.2) is 32.5 Å². The lowest BCUT2D eigenvalue weighted by Gasteiger charge is -2.24. The summed E-state index contributed by atoms with van der Waals surface area (Å²) in [5.41, 5.74) is 0.218. The van der Waals surface area contributed by atoms with Crippen LogP contribution in [0.2, 0.25) is 0 Å². The molecule has 96 valence electrons. The molecule has 0 saturated heterocycles. The molecule has 1 aliphatic rings. The minimum absolute atomic E-state index is 0.218. The fourth-order valence-electron chi connectivity index (χ4n) is 2.42. The normalized spacial score (nSPS) is 31.2. The van der Waals surface area contributed by atoms with Crippen LogP contribution in [-0.2, 0) is 9.84 Å². The predicted octanol–water partition coefficient (Wildman–Crippen LogP) is 1.98. The Bertz CT molecular complexity index is 324. The highest BCUT2D eigenvalue weighted by Gasteiger charge is 2.35. The van der Waals surface area contributed by atoms with E-state index in [9.17, 15) is 8.42 Å². The minimum atomic E-state index is -2.87. The molecule has 4 heteroatoms. The number of hydrogen-bond acceptors (Lipinski definition) is 3. The molecular weight excluding hydrogens is 222 g/mol. The number of nitrogens with one attached hydrogen (secondary N) is 1. The van der Waals surface area contributed by atoms with Crippen LogP contribution in [0.3, 0.4) is 0 Å². The SMILES string of the molecule is CNC1CCC(C)(CCS(=O)(=O)C(C)C)C1.